The maximum absolute atomic E-state index is 12.5. The van der Waals surface area contributed by atoms with Crippen LogP contribution in [0.15, 0.2) is 54.7 Å². The van der Waals surface area contributed by atoms with Crippen LogP contribution in [0.3, 0.4) is 0 Å². The van der Waals surface area contributed by atoms with Gasteiger partial charge in [0.15, 0.2) is 0 Å². The highest BCUT2D eigenvalue weighted by Crippen LogP contribution is 2.20. The fraction of sp³-hybridized carbons (Fsp3) is 0.261. The lowest BCUT2D eigenvalue weighted by atomic mass is 10.0. The maximum atomic E-state index is 12.5. The van der Waals surface area contributed by atoms with Crippen molar-refractivity contribution in [2.75, 3.05) is 11.9 Å². The molecule has 5 N–H and O–H groups in total. The number of hydrogen-bond acceptors (Lipinski definition) is 7. The highest BCUT2D eigenvalue weighted by molar-refractivity contribution is 5.78. The lowest BCUT2D eigenvalue weighted by molar-refractivity contribution is -0.137. The Kier molecular flexibility index (Phi) is 7.01. The van der Waals surface area contributed by atoms with E-state index >= 15 is 0 Å². The van der Waals surface area contributed by atoms with Gasteiger partial charge in [-0.1, -0.05) is 29.5 Å². The third kappa shape index (κ3) is 6.09. The number of anilines is 1. The number of hydrogen-bond donors (Lipinski definition) is 5. The van der Waals surface area contributed by atoms with Crippen LogP contribution >= 0.6 is 0 Å². The van der Waals surface area contributed by atoms with Crippen LogP contribution in [0.25, 0.3) is 11.0 Å². The molecule has 0 radical (unpaired) electrons. The van der Waals surface area contributed by atoms with E-state index in [-0.39, 0.29) is 24.6 Å². The number of para-hydroxylation sites is 2. The van der Waals surface area contributed by atoms with Crippen LogP contribution in [0, 0.1) is 0 Å². The highest BCUT2D eigenvalue weighted by atomic mass is 16.4. The van der Waals surface area contributed by atoms with Crippen molar-refractivity contribution in [3.05, 3.63) is 66.0 Å². The minimum Gasteiger partial charge on any atom is -0.508 e. The van der Waals surface area contributed by atoms with Gasteiger partial charge in [-0.2, -0.15) is 0 Å². The second kappa shape index (κ2) is 10.5. The molecule has 1 atom stereocenters. The van der Waals surface area contributed by atoms with Crippen molar-refractivity contribution >= 4 is 28.9 Å². The summed E-state index contributed by atoms with van der Waals surface area (Å²) in [6.45, 7) is 0.606. The largest absolute Gasteiger partial charge is 0.508 e. The molecule has 0 spiro atoms. The topological polar surface area (TPSA) is 158 Å². The Bertz CT molecular complexity index is 1230. The van der Waals surface area contributed by atoms with Crippen molar-refractivity contribution in [2.24, 2.45) is 0 Å². The molecule has 0 unspecified atom stereocenters. The summed E-state index contributed by atoms with van der Waals surface area (Å²) >= 11 is 0. The standard InChI is InChI=1S/C23H25N7O4/c31-17-9-7-15(8-10-17)20(12-22(33)34)25-21(32)14-30-13-16(28-29-30)4-3-11-24-23-26-18-5-1-2-6-19(18)27-23/h1-2,5-10,13,20,31H,3-4,11-12,14H2,(H,25,32)(H,33,34)(H2,24,26,27)/t20-/m0/s1. The molecule has 34 heavy (non-hydrogen) atoms. The Morgan fingerprint density at radius 2 is 1.91 bits per heavy atom. The third-order valence-electron chi connectivity index (χ3n) is 5.19. The number of phenolic OH excluding ortho intramolecular Hbond substituents is 1. The summed E-state index contributed by atoms with van der Waals surface area (Å²) in [5, 5.41) is 32.7. The number of aromatic hydroxyl groups is 1. The summed E-state index contributed by atoms with van der Waals surface area (Å²) in [6.07, 6.45) is 2.89. The molecule has 4 aromatic rings. The summed E-state index contributed by atoms with van der Waals surface area (Å²) in [5.74, 6) is -0.654. The maximum Gasteiger partial charge on any atom is 0.305 e. The molecule has 0 aliphatic heterocycles. The molecule has 0 aliphatic carbocycles. The number of carbonyl (C=O) groups excluding carboxylic acids is 1. The van der Waals surface area contributed by atoms with Crippen molar-refractivity contribution in [3.63, 3.8) is 0 Å². The molecular weight excluding hydrogens is 438 g/mol. The monoisotopic (exact) mass is 463 g/mol. The van der Waals surface area contributed by atoms with E-state index in [4.69, 9.17) is 0 Å². The van der Waals surface area contributed by atoms with Gasteiger partial charge in [-0.05, 0) is 42.7 Å². The molecule has 0 saturated carbocycles. The quantitative estimate of drug-likeness (QED) is 0.212. The van der Waals surface area contributed by atoms with Gasteiger partial charge in [-0.3, -0.25) is 9.59 Å². The molecule has 1 amide bonds. The second-order valence-corrected chi connectivity index (χ2v) is 7.85. The Morgan fingerprint density at radius 1 is 1.12 bits per heavy atom. The van der Waals surface area contributed by atoms with E-state index in [1.807, 2.05) is 24.3 Å². The van der Waals surface area contributed by atoms with Crippen LogP contribution in [0.1, 0.15) is 30.1 Å². The Hall–Kier alpha value is -4.41. The number of carbonyl (C=O) groups is 2. The zero-order chi connectivity index (χ0) is 23.9. The SMILES string of the molecule is O=C(O)C[C@H](NC(=O)Cn1cc(CCCNc2nc3ccccc3[nH]2)nn1)c1ccc(O)cc1. The van der Waals surface area contributed by atoms with Crippen molar-refractivity contribution in [1.82, 2.24) is 30.3 Å². The number of amides is 1. The van der Waals surface area contributed by atoms with Crippen LogP contribution in [0.2, 0.25) is 0 Å². The molecule has 4 rings (SSSR count). The smallest absolute Gasteiger partial charge is 0.305 e. The number of aryl methyl sites for hydroxylation is 1. The number of aliphatic carboxylic acids is 1. The van der Waals surface area contributed by atoms with Gasteiger partial charge in [0.2, 0.25) is 11.9 Å². The van der Waals surface area contributed by atoms with Gasteiger partial charge < -0.3 is 25.8 Å². The number of nitrogens with zero attached hydrogens (tertiary/aromatic N) is 4. The summed E-state index contributed by atoms with van der Waals surface area (Å²) < 4.78 is 1.42. The summed E-state index contributed by atoms with van der Waals surface area (Å²) in [6, 6.07) is 13.1. The number of benzene rings is 2. The molecular formula is C23H25N7O4. The fourth-order valence-electron chi connectivity index (χ4n) is 3.56. The lowest BCUT2D eigenvalue weighted by Gasteiger charge is -2.17. The fourth-order valence-corrected chi connectivity index (χ4v) is 3.56. The van der Waals surface area contributed by atoms with Gasteiger partial charge in [-0.25, -0.2) is 9.67 Å². The first kappa shape index (κ1) is 22.8. The number of carboxylic acid groups (broad SMARTS) is 1. The number of imidazole rings is 1. The number of aromatic nitrogens is 5. The normalized spacial score (nSPS) is 11.9. The van der Waals surface area contributed by atoms with Crippen LogP contribution in [0.4, 0.5) is 5.95 Å². The van der Waals surface area contributed by atoms with E-state index in [1.165, 1.54) is 16.8 Å². The van der Waals surface area contributed by atoms with E-state index in [1.54, 1.807) is 18.3 Å². The number of nitrogens with one attached hydrogen (secondary N) is 3. The zero-order valence-corrected chi connectivity index (χ0v) is 18.3. The lowest BCUT2D eigenvalue weighted by Crippen LogP contribution is -2.33. The first-order valence-electron chi connectivity index (χ1n) is 10.8. The predicted molar refractivity (Wildman–Crippen MR) is 124 cm³/mol. The molecule has 0 fully saturated rings. The number of aromatic amines is 1. The third-order valence-corrected chi connectivity index (χ3v) is 5.19. The number of rotatable bonds is 11. The van der Waals surface area contributed by atoms with Gasteiger partial charge in [0.1, 0.15) is 12.3 Å². The summed E-state index contributed by atoms with van der Waals surface area (Å²) in [4.78, 5) is 31.4. The summed E-state index contributed by atoms with van der Waals surface area (Å²) in [5.41, 5.74) is 3.22. The van der Waals surface area contributed by atoms with E-state index < -0.39 is 12.0 Å². The van der Waals surface area contributed by atoms with E-state index in [0.717, 1.165) is 23.1 Å². The number of fused-ring (bicyclic) bond motifs is 1. The molecule has 176 valence electrons. The van der Waals surface area contributed by atoms with Crippen molar-refractivity contribution < 1.29 is 19.8 Å². The van der Waals surface area contributed by atoms with Crippen molar-refractivity contribution in [3.8, 4) is 5.75 Å². The zero-order valence-electron chi connectivity index (χ0n) is 18.3. The van der Waals surface area contributed by atoms with E-state index in [0.29, 0.717) is 24.5 Å². The average Bonchev–Trinajstić information content (AvgIpc) is 3.42. The van der Waals surface area contributed by atoms with Gasteiger partial charge in [-0.15, -0.1) is 5.10 Å². The van der Waals surface area contributed by atoms with Crippen LogP contribution < -0.4 is 10.6 Å². The van der Waals surface area contributed by atoms with Crippen molar-refractivity contribution in [1.29, 1.82) is 0 Å². The number of carboxylic acids is 1. The van der Waals surface area contributed by atoms with E-state index in [2.05, 4.69) is 30.9 Å². The van der Waals surface area contributed by atoms with Crippen LogP contribution in [-0.2, 0) is 22.6 Å². The van der Waals surface area contributed by atoms with Gasteiger partial charge >= 0.3 is 5.97 Å². The molecule has 11 nitrogen and oxygen atoms in total. The molecule has 2 aromatic heterocycles. The second-order valence-electron chi connectivity index (χ2n) is 7.85. The Morgan fingerprint density at radius 3 is 2.68 bits per heavy atom. The summed E-state index contributed by atoms with van der Waals surface area (Å²) in [7, 11) is 0. The highest BCUT2D eigenvalue weighted by Gasteiger charge is 2.19. The molecule has 0 bridgehead atoms. The Labute approximate surface area is 194 Å². The number of H-pyrrole nitrogens is 1. The number of phenols is 1. The molecule has 0 saturated heterocycles. The predicted octanol–water partition coefficient (Wildman–Crippen LogP) is 2.24. The van der Waals surface area contributed by atoms with Crippen LogP contribution in [-0.4, -0.2) is 53.6 Å². The molecule has 2 aromatic carbocycles. The van der Waals surface area contributed by atoms with Gasteiger partial charge in [0.05, 0.1) is 29.2 Å². The Balaban J connectivity index is 1.25. The molecule has 2 heterocycles. The van der Waals surface area contributed by atoms with Gasteiger partial charge in [0.25, 0.3) is 0 Å². The first-order chi connectivity index (χ1) is 16.5. The minimum atomic E-state index is -1.04. The average molecular weight is 463 g/mol. The van der Waals surface area contributed by atoms with Crippen molar-refractivity contribution in [2.45, 2.75) is 31.8 Å². The first-order valence-corrected chi connectivity index (χ1v) is 10.8. The molecule has 0 aliphatic rings. The van der Waals surface area contributed by atoms with Gasteiger partial charge in [0, 0.05) is 12.7 Å². The van der Waals surface area contributed by atoms with Crippen LogP contribution in [0.5, 0.6) is 5.75 Å². The van der Waals surface area contributed by atoms with E-state index in [9.17, 15) is 19.8 Å². The molecule has 11 heteroatoms. The minimum absolute atomic E-state index is 0.0621.